The maximum Gasteiger partial charge on any atom is 0.326 e. The molecule has 1 unspecified atom stereocenters. The summed E-state index contributed by atoms with van der Waals surface area (Å²) < 4.78 is 0. The standard InChI is InChI=1S/C27H44N10O6.2ClH/c1-16(2)21(22(28)39)37(18(15-38)10-6-12-33-25(29)30)23(40)19(11-7-13-34-26(31)32)35-27(43)36-20(24(41)42)14-17-8-4-3-5-9-17;;/h3-5,8-9,15-16,18-21H,6-7,10-14H2,1-2H3,(H2,28,39)(H,41,42)(H4,29,30,33)(H4,31,32,34)(H2,35,36,43);2*1H/t18?,19-,20-,21-;;/m0../s1. The van der Waals surface area contributed by atoms with Gasteiger partial charge in [0.2, 0.25) is 11.8 Å². The number of carboxylic acid groups (broad SMARTS) is 1. The molecule has 4 amide bonds. The number of rotatable bonds is 19. The van der Waals surface area contributed by atoms with Crippen molar-refractivity contribution in [2.24, 2.45) is 44.6 Å². The molecule has 1 rings (SSSR count). The minimum Gasteiger partial charge on any atom is -0.480 e. The van der Waals surface area contributed by atoms with Crippen LogP contribution in [0.4, 0.5) is 4.79 Å². The number of carbonyl (C=O) groups is 5. The summed E-state index contributed by atoms with van der Waals surface area (Å²) in [5.41, 5.74) is 27.8. The Hall–Kier alpha value is -4.31. The number of aldehydes is 1. The minimum absolute atomic E-state index is 0. The van der Waals surface area contributed by atoms with E-state index in [0.29, 0.717) is 11.8 Å². The molecule has 0 bridgehead atoms. The van der Waals surface area contributed by atoms with Gasteiger partial charge >= 0.3 is 12.0 Å². The summed E-state index contributed by atoms with van der Waals surface area (Å²) in [6, 6.07) is 2.78. The molecular formula is C27H46Cl2N10O6. The normalized spacial score (nSPS) is 12.9. The molecule has 0 fully saturated rings. The summed E-state index contributed by atoms with van der Waals surface area (Å²) in [6.45, 7) is 3.59. The lowest BCUT2D eigenvalue weighted by molar-refractivity contribution is -0.147. The van der Waals surface area contributed by atoms with E-state index in [9.17, 15) is 29.1 Å². The number of carbonyl (C=O) groups excluding carboxylic acids is 4. The fourth-order valence-corrected chi connectivity index (χ4v) is 4.42. The number of halogens is 2. The van der Waals surface area contributed by atoms with E-state index in [0.717, 1.165) is 4.90 Å². The van der Waals surface area contributed by atoms with Gasteiger partial charge < -0.3 is 54.1 Å². The number of guanidine groups is 2. The Balaban J connectivity index is 0. The number of carboxylic acids is 1. The minimum atomic E-state index is -1.32. The molecule has 0 aliphatic heterocycles. The fraction of sp³-hybridized carbons (Fsp3) is 0.519. The maximum atomic E-state index is 14.1. The molecule has 254 valence electrons. The first-order chi connectivity index (χ1) is 20.3. The Labute approximate surface area is 274 Å². The Morgan fingerprint density at radius 2 is 1.38 bits per heavy atom. The molecule has 45 heavy (non-hydrogen) atoms. The summed E-state index contributed by atoms with van der Waals surface area (Å²) in [5.74, 6) is -3.72. The lowest BCUT2D eigenvalue weighted by Gasteiger charge is -2.38. The third-order valence-corrected chi connectivity index (χ3v) is 6.38. The number of primary amides is 1. The highest BCUT2D eigenvalue weighted by Gasteiger charge is 2.39. The number of nitrogens with one attached hydrogen (secondary N) is 2. The third-order valence-electron chi connectivity index (χ3n) is 6.38. The Kier molecular flexibility index (Phi) is 21.2. The number of nitrogens with two attached hydrogens (primary N) is 5. The molecule has 0 spiro atoms. The lowest BCUT2D eigenvalue weighted by Crippen LogP contribution is -2.61. The van der Waals surface area contributed by atoms with E-state index in [1.807, 2.05) is 0 Å². The second kappa shape index (κ2) is 22.2. The van der Waals surface area contributed by atoms with Crippen LogP contribution in [0.5, 0.6) is 0 Å². The summed E-state index contributed by atoms with van der Waals surface area (Å²) in [4.78, 5) is 72.7. The molecule has 0 heterocycles. The van der Waals surface area contributed by atoms with Crippen LogP contribution in [-0.4, -0.2) is 89.3 Å². The van der Waals surface area contributed by atoms with Crippen LogP contribution in [-0.2, 0) is 25.6 Å². The SMILES string of the molecule is CC(C)[C@@H](C(N)=O)N(C(=O)[C@H](CCCN=C(N)N)NC(=O)N[C@@H](Cc1ccccc1)C(=O)O)C(C=O)CCCN=C(N)N.Cl.Cl. The van der Waals surface area contributed by atoms with Crippen LogP contribution in [0, 0.1) is 5.92 Å². The van der Waals surface area contributed by atoms with Gasteiger partial charge in [0, 0.05) is 19.5 Å². The first kappa shape index (κ1) is 42.8. The van der Waals surface area contributed by atoms with Gasteiger partial charge in [-0.3, -0.25) is 19.6 Å². The summed E-state index contributed by atoms with van der Waals surface area (Å²) in [7, 11) is 0. The zero-order chi connectivity index (χ0) is 32.5. The van der Waals surface area contributed by atoms with E-state index in [1.54, 1.807) is 44.2 Å². The maximum absolute atomic E-state index is 14.1. The van der Waals surface area contributed by atoms with Crippen LogP contribution >= 0.6 is 24.8 Å². The Morgan fingerprint density at radius 3 is 1.82 bits per heavy atom. The number of amides is 4. The van der Waals surface area contributed by atoms with Crippen molar-refractivity contribution in [3.8, 4) is 0 Å². The van der Waals surface area contributed by atoms with Gasteiger partial charge in [0.1, 0.15) is 24.4 Å². The highest BCUT2D eigenvalue weighted by Crippen LogP contribution is 2.20. The van der Waals surface area contributed by atoms with Crippen LogP contribution in [0.15, 0.2) is 40.3 Å². The summed E-state index contributed by atoms with van der Waals surface area (Å²) in [6.07, 6.45) is 1.08. The predicted molar refractivity (Wildman–Crippen MR) is 176 cm³/mol. The fourth-order valence-electron chi connectivity index (χ4n) is 4.42. The van der Waals surface area contributed by atoms with Crippen LogP contribution in [0.2, 0.25) is 0 Å². The average molecular weight is 678 g/mol. The molecule has 0 saturated heterocycles. The van der Waals surface area contributed by atoms with Crippen LogP contribution in [0.1, 0.15) is 45.1 Å². The zero-order valence-corrected chi connectivity index (χ0v) is 27.0. The first-order valence-corrected chi connectivity index (χ1v) is 13.8. The number of hydrogen-bond acceptors (Lipinski definition) is 7. The van der Waals surface area contributed by atoms with Gasteiger partial charge in [-0.2, -0.15) is 0 Å². The van der Waals surface area contributed by atoms with E-state index in [4.69, 9.17) is 28.7 Å². The molecule has 18 heteroatoms. The second-order valence-corrected chi connectivity index (χ2v) is 10.2. The van der Waals surface area contributed by atoms with Gasteiger partial charge in [0.15, 0.2) is 11.9 Å². The lowest BCUT2D eigenvalue weighted by atomic mass is 9.96. The van der Waals surface area contributed by atoms with Gasteiger partial charge in [-0.15, -0.1) is 24.8 Å². The number of nitrogens with zero attached hydrogens (tertiary/aromatic N) is 3. The largest absolute Gasteiger partial charge is 0.480 e. The zero-order valence-electron chi connectivity index (χ0n) is 25.3. The molecule has 0 aromatic heterocycles. The molecule has 1 aromatic rings. The van der Waals surface area contributed by atoms with E-state index < -0.39 is 53.9 Å². The van der Waals surface area contributed by atoms with Crippen molar-refractivity contribution in [2.75, 3.05) is 13.1 Å². The van der Waals surface area contributed by atoms with E-state index in [1.165, 1.54) is 0 Å². The quantitative estimate of drug-likeness (QED) is 0.0391. The molecule has 16 nitrogen and oxygen atoms in total. The summed E-state index contributed by atoms with van der Waals surface area (Å²) >= 11 is 0. The smallest absolute Gasteiger partial charge is 0.326 e. The molecule has 1 aromatic carbocycles. The van der Waals surface area contributed by atoms with Crippen molar-refractivity contribution >= 4 is 66.8 Å². The molecular weight excluding hydrogens is 631 g/mol. The summed E-state index contributed by atoms with van der Waals surface area (Å²) in [5, 5.41) is 14.6. The number of benzene rings is 1. The molecule has 0 radical (unpaired) electrons. The van der Waals surface area contributed by atoms with Gasteiger partial charge in [-0.1, -0.05) is 44.2 Å². The van der Waals surface area contributed by atoms with Crippen molar-refractivity contribution in [2.45, 2.75) is 70.1 Å². The highest BCUT2D eigenvalue weighted by molar-refractivity contribution is 5.94. The van der Waals surface area contributed by atoms with E-state index in [2.05, 4.69) is 20.6 Å². The van der Waals surface area contributed by atoms with Crippen molar-refractivity contribution < 1.29 is 29.1 Å². The third kappa shape index (κ3) is 15.8. The number of aliphatic imine (C=N–C) groups is 2. The van der Waals surface area contributed by atoms with Crippen molar-refractivity contribution in [3.05, 3.63) is 35.9 Å². The first-order valence-electron chi connectivity index (χ1n) is 13.8. The molecule has 0 aliphatic rings. The van der Waals surface area contributed by atoms with Gasteiger partial charge in [-0.05, 0) is 37.2 Å². The molecule has 13 N–H and O–H groups in total. The van der Waals surface area contributed by atoms with Crippen LogP contribution in [0.3, 0.4) is 0 Å². The average Bonchev–Trinajstić information content (AvgIpc) is 2.92. The Bertz CT molecular complexity index is 1150. The number of hydrogen-bond donors (Lipinski definition) is 8. The molecule has 0 aliphatic carbocycles. The second-order valence-electron chi connectivity index (χ2n) is 10.2. The van der Waals surface area contributed by atoms with Gasteiger partial charge in [0.25, 0.3) is 0 Å². The number of aliphatic carboxylic acids is 1. The molecule has 0 saturated carbocycles. The topological polar surface area (TPSA) is 288 Å². The predicted octanol–water partition coefficient (Wildman–Crippen LogP) is -0.793. The van der Waals surface area contributed by atoms with Gasteiger partial charge in [0.05, 0.1) is 6.04 Å². The molecule has 4 atom stereocenters. The van der Waals surface area contributed by atoms with Crippen molar-refractivity contribution in [1.82, 2.24) is 15.5 Å². The van der Waals surface area contributed by atoms with Crippen molar-refractivity contribution in [1.29, 1.82) is 0 Å². The van der Waals surface area contributed by atoms with E-state index >= 15 is 0 Å². The monoisotopic (exact) mass is 676 g/mol. The van der Waals surface area contributed by atoms with Gasteiger partial charge in [-0.25, -0.2) is 9.59 Å². The van der Waals surface area contributed by atoms with Crippen LogP contribution < -0.4 is 39.3 Å². The van der Waals surface area contributed by atoms with E-state index in [-0.39, 0.29) is 81.9 Å². The van der Waals surface area contributed by atoms with Crippen LogP contribution in [0.25, 0.3) is 0 Å². The van der Waals surface area contributed by atoms with Crippen molar-refractivity contribution in [3.63, 3.8) is 0 Å². The Morgan fingerprint density at radius 1 is 0.867 bits per heavy atom. The number of urea groups is 1. The highest BCUT2D eigenvalue weighted by atomic mass is 35.5.